The molecular formula is C24H24ClFN6O4. The molecular weight excluding hydrogens is 491 g/mol. The average molecular weight is 515 g/mol. The van der Waals surface area contributed by atoms with E-state index >= 15 is 4.39 Å². The van der Waals surface area contributed by atoms with E-state index in [1.54, 1.807) is 44.9 Å². The molecule has 0 radical (unpaired) electrons. The topological polar surface area (TPSA) is 113 Å². The molecule has 4 rings (SSSR count). The number of pyridine rings is 1. The molecule has 0 aliphatic carbocycles. The van der Waals surface area contributed by atoms with E-state index in [1.807, 2.05) is 0 Å². The number of nitrogens with zero attached hydrogens (tertiary/aromatic N) is 5. The summed E-state index contributed by atoms with van der Waals surface area (Å²) >= 11 is 5.55. The monoisotopic (exact) mass is 514 g/mol. The van der Waals surface area contributed by atoms with Gasteiger partial charge in [-0.15, -0.1) is 11.6 Å². The summed E-state index contributed by atoms with van der Waals surface area (Å²) in [5, 5.41) is 11.7. The number of aromatic nitrogens is 5. The van der Waals surface area contributed by atoms with Crippen LogP contribution in [0.1, 0.15) is 20.8 Å². The predicted molar refractivity (Wildman–Crippen MR) is 133 cm³/mol. The number of nitrogens with one attached hydrogen (secondary N) is 1. The Morgan fingerprint density at radius 2 is 1.94 bits per heavy atom. The fourth-order valence-electron chi connectivity index (χ4n) is 3.71. The molecule has 0 saturated heterocycles. The molecule has 0 aliphatic rings. The molecule has 1 amide bonds. The Bertz CT molecular complexity index is 1470. The van der Waals surface area contributed by atoms with Gasteiger partial charge in [-0.2, -0.15) is 14.9 Å². The fourth-order valence-corrected chi connectivity index (χ4v) is 3.78. The van der Waals surface area contributed by atoms with Gasteiger partial charge in [0.25, 0.3) is 0 Å². The molecule has 0 unspecified atom stereocenters. The largest absolute Gasteiger partial charge is 0.496 e. The molecule has 188 valence electrons. The molecule has 10 nitrogen and oxygen atoms in total. The SMILES string of the molecule is COc1cc(NC(=O)CCl)cc(F)c1-c1cncc2c1c(-c1cnn(C)c1)nn2C(=O)OC(C)(C)C. The molecule has 1 N–H and O–H groups in total. The first-order valence-corrected chi connectivity index (χ1v) is 11.4. The van der Waals surface area contributed by atoms with Gasteiger partial charge in [0.05, 0.1) is 25.1 Å². The van der Waals surface area contributed by atoms with Gasteiger partial charge in [0.15, 0.2) is 0 Å². The van der Waals surface area contributed by atoms with Gasteiger partial charge in [-0.05, 0) is 26.8 Å². The number of rotatable bonds is 5. The van der Waals surface area contributed by atoms with Crippen molar-refractivity contribution in [2.24, 2.45) is 7.05 Å². The lowest BCUT2D eigenvalue weighted by atomic mass is 9.99. The highest BCUT2D eigenvalue weighted by atomic mass is 35.5. The molecule has 3 heterocycles. The Morgan fingerprint density at radius 1 is 1.19 bits per heavy atom. The minimum Gasteiger partial charge on any atom is -0.496 e. The van der Waals surface area contributed by atoms with Gasteiger partial charge in [0.2, 0.25) is 5.91 Å². The summed E-state index contributed by atoms with van der Waals surface area (Å²) in [7, 11) is 3.13. The molecule has 0 aliphatic heterocycles. The van der Waals surface area contributed by atoms with Crippen LogP contribution in [0.3, 0.4) is 0 Å². The summed E-state index contributed by atoms with van der Waals surface area (Å²) in [5.74, 6) is -1.33. The van der Waals surface area contributed by atoms with Crippen LogP contribution < -0.4 is 10.1 Å². The summed E-state index contributed by atoms with van der Waals surface area (Å²) in [4.78, 5) is 29.0. The Labute approximate surface area is 211 Å². The van der Waals surface area contributed by atoms with Crippen molar-refractivity contribution in [3.8, 4) is 28.1 Å². The number of amides is 1. The van der Waals surface area contributed by atoms with Crippen LogP contribution in [0.25, 0.3) is 33.3 Å². The van der Waals surface area contributed by atoms with Gasteiger partial charge >= 0.3 is 6.09 Å². The van der Waals surface area contributed by atoms with Gasteiger partial charge < -0.3 is 14.8 Å². The van der Waals surface area contributed by atoms with Gasteiger partial charge in [-0.1, -0.05) is 0 Å². The Balaban J connectivity index is 1.99. The standard InChI is InChI=1S/C24H24ClFN6O4/c1-24(2,3)36-23(34)32-17-11-27-10-15(21(17)22(30-32)13-9-28-31(4)12-13)20-16(26)6-14(7-18(20)35-5)29-19(33)8-25/h6-7,9-12H,8H2,1-5H3,(H,29,33). The number of methoxy groups -OCH3 is 1. The average Bonchev–Trinajstić information content (AvgIpc) is 3.41. The summed E-state index contributed by atoms with van der Waals surface area (Å²) in [6, 6.07) is 2.63. The lowest BCUT2D eigenvalue weighted by Gasteiger charge is -2.19. The third kappa shape index (κ3) is 4.87. The Kier molecular flexibility index (Phi) is 6.68. The number of ether oxygens (including phenoxy) is 2. The van der Waals surface area contributed by atoms with Crippen LogP contribution >= 0.6 is 11.6 Å². The number of benzene rings is 1. The molecule has 3 aromatic heterocycles. The number of hydrogen-bond donors (Lipinski definition) is 1. The van der Waals surface area contributed by atoms with Crippen LogP contribution in [-0.2, 0) is 16.6 Å². The summed E-state index contributed by atoms with van der Waals surface area (Å²) in [6.45, 7) is 5.23. The van der Waals surface area contributed by atoms with E-state index in [-0.39, 0.29) is 22.9 Å². The maximum Gasteiger partial charge on any atom is 0.435 e. The molecule has 0 bridgehead atoms. The molecule has 1 aromatic carbocycles. The van der Waals surface area contributed by atoms with Crippen LogP contribution in [0.15, 0.2) is 36.9 Å². The Hall–Kier alpha value is -3.99. The van der Waals surface area contributed by atoms with Crippen molar-refractivity contribution in [2.75, 3.05) is 18.3 Å². The number of fused-ring (bicyclic) bond motifs is 1. The Morgan fingerprint density at radius 3 is 2.56 bits per heavy atom. The number of carbonyl (C=O) groups excluding carboxylic acids is 2. The maximum absolute atomic E-state index is 15.6. The van der Waals surface area contributed by atoms with Crippen molar-refractivity contribution >= 4 is 40.2 Å². The maximum atomic E-state index is 15.6. The third-order valence-corrected chi connectivity index (χ3v) is 5.33. The van der Waals surface area contributed by atoms with Crippen LogP contribution in [0.4, 0.5) is 14.9 Å². The second-order valence-electron chi connectivity index (χ2n) is 8.94. The smallest absolute Gasteiger partial charge is 0.435 e. The molecule has 4 aromatic rings. The van der Waals surface area contributed by atoms with E-state index in [9.17, 15) is 9.59 Å². The van der Waals surface area contributed by atoms with Gasteiger partial charge in [0, 0.05) is 47.7 Å². The zero-order valence-electron chi connectivity index (χ0n) is 20.3. The normalized spacial score (nSPS) is 11.5. The zero-order chi connectivity index (χ0) is 26.2. The first-order chi connectivity index (χ1) is 17.0. The van der Waals surface area contributed by atoms with Crippen LogP contribution in [0.2, 0.25) is 0 Å². The number of hydrogen-bond acceptors (Lipinski definition) is 7. The minimum absolute atomic E-state index is 0.0772. The summed E-state index contributed by atoms with van der Waals surface area (Å²) in [5.41, 5.74) is 1.09. The minimum atomic E-state index is -0.770. The fraction of sp³-hybridized carbons (Fsp3) is 0.292. The first-order valence-electron chi connectivity index (χ1n) is 10.8. The van der Waals surface area contributed by atoms with Crippen molar-refractivity contribution in [3.05, 3.63) is 42.7 Å². The van der Waals surface area contributed by atoms with Crippen molar-refractivity contribution in [1.29, 1.82) is 0 Å². The summed E-state index contributed by atoms with van der Waals surface area (Å²) in [6.07, 6.45) is 5.51. The second kappa shape index (κ2) is 9.57. The highest BCUT2D eigenvalue weighted by molar-refractivity contribution is 6.29. The zero-order valence-corrected chi connectivity index (χ0v) is 21.1. The lowest BCUT2D eigenvalue weighted by Crippen LogP contribution is -2.27. The predicted octanol–water partition coefficient (Wildman–Crippen LogP) is 4.61. The number of alkyl halides is 1. The van der Waals surface area contributed by atoms with E-state index in [0.29, 0.717) is 27.7 Å². The highest BCUT2D eigenvalue weighted by Crippen LogP contribution is 2.42. The van der Waals surface area contributed by atoms with Crippen LogP contribution in [0, 0.1) is 5.82 Å². The van der Waals surface area contributed by atoms with E-state index in [4.69, 9.17) is 21.1 Å². The van der Waals surface area contributed by atoms with E-state index in [0.717, 1.165) is 10.7 Å². The number of anilines is 1. The van der Waals surface area contributed by atoms with Gasteiger partial charge in [0.1, 0.15) is 34.3 Å². The molecule has 0 atom stereocenters. The lowest BCUT2D eigenvalue weighted by molar-refractivity contribution is -0.113. The van der Waals surface area contributed by atoms with Gasteiger partial charge in [-0.25, -0.2) is 9.18 Å². The van der Waals surface area contributed by atoms with E-state index < -0.39 is 23.4 Å². The highest BCUT2D eigenvalue weighted by Gasteiger charge is 2.27. The van der Waals surface area contributed by atoms with Crippen molar-refractivity contribution < 1.29 is 23.5 Å². The van der Waals surface area contributed by atoms with E-state index in [2.05, 4.69) is 20.5 Å². The molecule has 0 saturated carbocycles. The first kappa shape index (κ1) is 25.1. The molecule has 36 heavy (non-hydrogen) atoms. The van der Waals surface area contributed by atoms with Crippen molar-refractivity contribution in [2.45, 2.75) is 26.4 Å². The van der Waals surface area contributed by atoms with Gasteiger partial charge in [-0.3, -0.25) is 14.5 Å². The number of halogens is 2. The molecule has 12 heteroatoms. The van der Waals surface area contributed by atoms with Crippen LogP contribution in [0.5, 0.6) is 5.75 Å². The van der Waals surface area contributed by atoms with Crippen molar-refractivity contribution in [3.63, 3.8) is 0 Å². The number of carbonyl (C=O) groups is 2. The second-order valence-corrected chi connectivity index (χ2v) is 9.21. The molecule has 0 fully saturated rings. The number of aryl methyl sites for hydroxylation is 1. The molecule has 0 spiro atoms. The van der Waals surface area contributed by atoms with E-state index in [1.165, 1.54) is 25.6 Å². The quantitative estimate of drug-likeness (QED) is 0.387. The van der Waals surface area contributed by atoms with Crippen LogP contribution in [-0.4, -0.2) is 55.1 Å². The third-order valence-electron chi connectivity index (χ3n) is 5.08. The summed E-state index contributed by atoms with van der Waals surface area (Å²) < 4.78 is 29.2. The van der Waals surface area contributed by atoms with Crippen molar-refractivity contribution in [1.82, 2.24) is 24.5 Å².